The minimum absolute atomic E-state index is 0.647. The molecule has 100 valence electrons. The number of hydrogen-bond donors (Lipinski definition) is 1. The fraction of sp³-hybridized carbons (Fsp3) is 0.308. The van der Waals surface area contributed by atoms with Gasteiger partial charge >= 0.3 is 0 Å². The van der Waals surface area contributed by atoms with E-state index in [0.717, 1.165) is 38.1 Å². The molecule has 2 aromatic heterocycles. The zero-order chi connectivity index (χ0) is 14.0. The van der Waals surface area contributed by atoms with Crippen LogP contribution in [0, 0.1) is 13.8 Å². The summed E-state index contributed by atoms with van der Waals surface area (Å²) in [5, 5.41) is 3.13. The van der Waals surface area contributed by atoms with Crippen LogP contribution in [0.1, 0.15) is 17.0 Å². The van der Waals surface area contributed by atoms with Gasteiger partial charge in [-0.15, -0.1) is 0 Å². The highest BCUT2D eigenvalue weighted by Gasteiger charge is 2.13. The van der Waals surface area contributed by atoms with E-state index in [9.17, 15) is 0 Å². The van der Waals surface area contributed by atoms with Crippen molar-refractivity contribution < 1.29 is 0 Å². The van der Waals surface area contributed by atoms with Crippen LogP contribution in [-0.4, -0.2) is 22.0 Å². The molecule has 0 unspecified atom stereocenters. The molecule has 6 heteroatoms. The lowest BCUT2D eigenvalue weighted by Gasteiger charge is -2.11. The molecule has 0 aromatic carbocycles. The molecule has 0 aliphatic carbocycles. The zero-order valence-corrected chi connectivity index (χ0v) is 14.1. The fourth-order valence-electron chi connectivity index (χ4n) is 1.86. The number of pyridine rings is 1. The maximum absolute atomic E-state index is 4.55. The number of halogens is 2. The van der Waals surface area contributed by atoms with E-state index in [2.05, 4.69) is 52.1 Å². The van der Waals surface area contributed by atoms with Gasteiger partial charge in [-0.25, -0.2) is 9.97 Å². The second kappa shape index (κ2) is 6.07. The van der Waals surface area contributed by atoms with Crippen molar-refractivity contribution in [1.29, 1.82) is 0 Å². The SMILES string of the molecule is CNCc1c(C)nc(-c2ncc(Br)cc2Br)nc1C. The first-order valence-corrected chi connectivity index (χ1v) is 7.41. The van der Waals surface area contributed by atoms with Crippen molar-refractivity contribution in [2.75, 3.05) is 7.05 Å². The van der Waals surface area contributed by atoms with Gasteiger partial charge in [0.2, 0.25) is 0 Å². The molecule has 4 nitrogen and oxygen atoms in total. The van der Waals surface area contributed by atoms with Crippen LogP contribution in [0.5, 0.6) is 0 Å². The van der Waals surface area contributed by atoms with Crippen molar-refractivity contribution in [3.63, 3.8) is 0 Å². The third kappa shape index (κ3) is 3.19. The molecule has 0 atom stereocenters. The van der Waals surface area contributed by atoms with E-state index >= 15 is 0 Å². The number of aryl methyl sites for hydroxylation is 2. The van der Waals surface area contributed by atoms with E-state index in [1.165, 1.54) is 0 Å². The van der Waals surface area contributed by atoms with E-state index in [4.69, 9.17) is 0 Å². The van der Waals surface area contributed by atoms with Crippen molar-refractivity contribution in [3.8, 4) is 11.5 Å². The maximum Gasteiger partial charge on any atom is 0.179 e. The molecular formula is C13H14Br2N4. The molecule has 0 aliphatic rings. The Balaban J connectivity index is 2.52. The lowest BCUT2D eigenvalue weighted by Crippen LogP contribution is -2.11. The Morgan fingerprint density at radius 2 is 1.79 bits per heavy atom. The van der Waals surface area contributed by atoms with Gasteiger partial charge in [-0.05, 0) is 58.8 Å². The highest BCUT2D eigenvalue weighted by Crippen LogP contribution is 2.27. The summed E-state index contributed by atoms with van der Waals surface area (Å²) >= 11 is 6.89. The summed E-state index contributed by atoms with van der Waals surface area (Å²) in [6, 6.07) is 1.94. The standard InChI is InChI=1S/C13H14Br2N4/c1-7-10(6-16-3)8(2)19-13(18-7)12-11(15)4-9(14)5-17-12/h4-5,16H,6H2,1-3H3. The van der Waals surface area contributed by atoms with E-state index in [1.54, 1.807) is 6.20 Å². The van der Waals surface area contributed by atoms with Gasteiger partial charge in [0.05, 0.1) is 0 Å². The Morgan fingerprint density at radius 3 is 2.32 bits per heavy atom. The molecule has 0 radical (unpaired) electrons. The molecule has 0 amide bonds. The highest BCUT2D eigenvalue weighted by molar-refractivity contribution is 9.11. The summed E-state index contributed by atoms with van der Waals surface area (Å²) in [4.78, 5) is 13.5. The van der Waals surface area contributed by atoms with Crippen molar-refractivity contribution in [2.45, 2.75) is 20.4 Å². The van der Waals surface area contributed by atoms with Crippen LogP contribution in [0.25, 0.3) is 11.5 Å². The first kappa shape index (κ1) is 14.6. The monoisotopic (exact) mass is 384 g/mol. The molecule has 0 saturated carbocycles. The fourth-order valence-corrected chi connectivity index (χ4v) is 3.02. The van der Waals surface area contributed by atoms with Gasteiger partial charge in [-0.1, -0.05) is 0 Å². The van der Waals surface area contributed by atoms with Crippen LogP contribution < -0.4 is 5.32 Å². The van der Waals surface area contributed by atoms with Crippen LogP contribution in [0.15, 0.2) is 21.2 Å². The number of rotatable bonds is 3. The summed E-state index contributed by atoms with van der Waals surface area (Å²) in [6.07, 6.45) is 1.75. The van der Waals surface area contributed by atoms with Gasteiger partial charge in [-0.3, -0.25) is 4.98 Å². The first-order valence-electron chi connectivity index (χ1n) is 5.83. The topological polar surface area (TPSA) is 50.7 Å². The van der Waals surface area contributed by atoms with Gasteiger partial charge in [0.15, 0.2) is 5.82 Å². The van der Waals surface area contributed by atoms with E-state index in [-0.39, 0.29) is 0 Å². The molecular weight excluding hydrogens is 372 g/mol. The van der Waals surface area contributed by atoms with E-state index < -0.39 is 0 Å². The number of aromatic nitrogens is 3. The van der Waals surface area contributed by atoms with Crippen LogP contribution in [-0.2, 0) is 6.54 Å². The third-order valence-corrected chi connectivity index (χ3v) is 3.83. The average molecular weight is 386 g/mol. The van der Waals surface area contributed by atoms with Crippen molar-refractivity contribution >= 4 is 31.9 Å². The van der Waals surface area contributed by atoms with Crippen LogP contribution in [0.3, 0.4) is 0 Å². The molecule has 2 heterocycles. The summed E-state index contributed by atoms with van der Waals surface area (Å²) in [5.74, 6) is 0.647. The van der Waals surface area contributed by atoms with Gasteiger partial charge in [0.25, 0.3) is 0 Å². The minimum atomic E-state index is 0.647. The minimum Gasteiger partial charge on any atom is -0.316 e. The number of nitrogens with zero attached hydrogens (tertiary/aromatic N) is 3. The van der Waals surface area contributed by atoms with E-state index in [1.807, 2.05) is 27.0 Å². The van der Waals surface area contributed by atoms with Crippen molar-refractivity contribution in [1.82, 2.24) is 20.3 Å². The predicted octanol–water partition coefficient (Wildman–Crippen LogP) is 3.40. The quantitative estimate of drug-likeness (QED) is 0.879. The van der Waals surface area contributed by atoms with Gasteiger partial charge in [0.1, 0.15) is 5.69 Å². The number of hydrogen-bond acceptors (Lipinski definition) is 4. The second-order valence-corrected chi connectivity index (χ2v) is 5.98. The Kier molecular flexibility index (Phi) is 4.65. The van der Waals surface area contributed by atoms with Crippen molar-refractivity contribution in [2.24, 2.45) is 0 Å². The maximum atomic E-state index is 4.55. The molecule has 2 aromatic rings. The summed E-state index contributed by atoms with van der Waals surface area (Å²) in [7, 11) is 1.92. The van der Waals surface area contributed by atoms with Crippen LogP contribution in [0.2, 0.25) is 0 Å². The Labute approximate surface area is 129 Å². The summed E-state index contributed by atoms with van der Waals surface area (Å²) in [5.41, 5.74) is 3.85. The van der Waals surface area contributed by atoms with Crippen LogP contribution >= 0.6 is 31.9 Å². The highest BCUT2D eigenvalue weighted by atomic mass is 79.9. The summed E-state index contributed by atoms with van der Waals surface area (Å²) < 4.78 is 1.80. The molecule has 0 bridgehead atoms. The Bertz CT molecular complexity index is 591. The van der Waals surface area contributed by atoms with Crippen LogP contribution in [0.4, 0.5) is 0 Å². The lowest BCUT2D eigenvalue weighted by atomic mass is 10.1. The zero-order valence-electron chi connectivity index (χ0n) is 11.0. The largest absolute Gasteiger partial charge is 0.316 e. The molecule has 2 rings (SSSR count). The predicted molar refractivity (Wildman–Crippen MR) is 82.9 cm³/mol. The summed E-state index contributed by atoms with van der Waals surface area (Å²) in [6.45, 7) is 4.77. The average Bonchev–Trinajstić information content (AvgIpc) is 2.33. The smallest absolute Gasteiger partial charge is 0.179 e. The lowest BCUT2D eigenvalue weighted by molar-refractivity contribution is 0.786. The Morgan fingerprint density at radius 1 is 1.16 bits per heavy atom. The Hall–Kier alpha value is -0.850. The third-order valence-electron chi connectivity index (χ3n) is 2.79. The van der Waals surface area contributed by atoms with Gasteiger partial charge < -0.3 is 5.32 Å². The normalized spacial score (nSPS) is 10.8. The molecule has 0 aliphatic heterocycles. The van der Waals surface area contributed by atoms with Gasteiger partial charge in [0, 0.05) is 38.6 Å². The number of nitrogens with one attached hydrogen (secondary N) is 1. The molecule has 0 spiro atoms. The molecule has 0 fully saturated rings. The van der Waals surface area contributed by atoms with Gasteiger partial charge in [-0.2, -0.15) is 0 Å². The first-order chi connectivity index (χ1) is 9.02. The molecule has 19 heavy (non-hydrogen) atoms. The molecule has 0 saturated heterocycles. The van der Waals surface area contributed by atoms with Crippen molar-refractivity contribution in [3.05, 3.63) is 38.2 Å². The molecule has 1 N–H and O–H groups in total. The second-order valence-electron chi connectivity index (χ2n) is 4.21. The van der Waals surface area contributed by atoms with E-state index in [0.29, 0.717) is 5.82 Å².